The van der Waals surface area contributed by atoms with Crippen LogP contribution in [0.25, 0.3) is 0 Å². The van der Waals surface area contributed by atoms with Crippen LogP contribution in [-0.2, 0) is 19.6 Å². The van der Waals surface area contributed by atoms with E-state index in [1.54, 1.807) is 14.2 Å². The van der Waals surface area contributed by atoms with Crippen LogP contribution >= 0.6 is 27.5 Å². The van der Waals surface area contributed by atoms with E-state index in [1.807, 2.05) is 54.6 Å². The molecule has 0 aliphatic rings. The SMILES string of the molecule is COc1ccccc1CCNCc1cc(Br)c(OCc2cccc(Cl)c2)c(OC)c1. The quantitative estimate of drug-likeness (QED) is 0.352. The van der Waals surface area contributed by atoms with Crippen LogP contribution in [0.5, 0.6) is 17.2 Å². The van der Waals surface area contributed by atoms with E-state index < -0.39 is 0 Å². The first kappa shape index (κ1) is 22.5. The van der Waals surface area contributed by atoms with Gasteiger partial charge in [0.2, 0.25) is 0 Å². The van der Waals surface area contributed by atoms with Gasteiger partial charge in [0.1, 0.15) is 12.4 Å². The Balaban J connectivity index is 1.59. The summed E-state index contributed by atoms with van der Waals surface area (Å²) in [5.74, 6) is 2.29. The van der Waals surface area contributed by atoms with Crippen molar-refractivity contribution in [3.63, 3.8) is 0 Å². The van der Waals surface area contributed by atoms with Gasteiger partial charge in [-0.05, 0) is 75.9 Å². The maximum atomic E-state index is 6.05. The van der Waals surface area contributed by atoms with Gasteiger partial charge >= 0.3 is 0 Å². The summed E-state index contributed by atoms with van der Waals surface area (Å²) in [7, 11) is 3.35. The molecule has 0 fully saturated rings. The van der Waals surface area contributed by atoms with Crippen molar-refractivity contribution in [3.8, 4) is 17.2 Å². The zero-order valence-corrected chi connectivity index (χ0v) is 19.4. The fourth-order valence-corrected chi connectivity index (χ4v) is 3.98. The van der Waals surface area contributed by atoms with Crippen LogP contribution in [0.4, 0.5) is 0 Å². The van der Waals surface area contributed by atoms with E-state index in [2.05, 4.69) is 27.3 Å². The number of hydrogen-bond donors (Lipinski definition) is 1. The highest BCUT2D eigenvalue weighted by Crippen LogP contribution is 2.37. The van der Waals surface area contributed by atoms with Gasteiger partial charge in [-0.1, -0.05) is 41.9 Å². The molecule has 0 unspecified atom stereocenters. The molecule has 0 radical (unpaired) electrons. The predicted molar refractivity (Wildman–Crippen MR) is 125 cm³/mol. The summed E-state index contributed by atoms with van der Waals surface area (Å²) in [6.07, 6.45) is 0.892. The summed E-state index contributed by atoms with van der Waals surface area (Å²) >= 11 is 9.67. The summed E-state index contributed by atoms with van der Waals surface area (Å²) in [5.41, 5.74) is 3.29. The van der Waals surface area contributed by atoms with Crippen LogP contribution in [0.2, 0.25) is 5.02 Å². The molecule has 0 amide bonds. The van der Waals surface area contributed by atoms with Crippen molar-refractivity contribution in [3.05, 3.63) is 86.8 Å². The van der Waals surface area contributed by atoms with E-state index in [-0.39, 0.29) is 0 Å². The lowest BCUT2D eigenvalue weighted by Gasteiger charge is -2.15. The molecule has 0 spiro atoms. The Bertz CT molecular complexity index is 980. The van der Waals surface area contributed by atoms with Crippen molar-refractivity contribution < 1.29 is 14.2 Å². The first-order valence-corrected chi connectivity index (χ1v) is 10.8. The van der Waals surface area contributed by atoms with E-state index in [4.69, 9.17) is 25.8 Å². The van der Waals surface area contributed by atoms with Crippen molar-refractivity contribution in [2.75, 3.05) is 20.8 Å². The largest absolute Gasteiger partial charge is 0.496 e. The summed E-state index contributed by atoms with van der Waals surface area (Å²) in [6, 6.07) is 19.8. The molecule has 0 aromatic heterocycles. The summed E-state index contributed by atoms with van der Waals surface area (Å²) in [6.45, 7) is 1.97. The molecule has 1 N–H and O–H groups in total. The molecule has 30 heavy (non-hydrogen) atoms. The van der Waals surface area contributed by atoms with E-state index in [0.29, 0.717) is 23.1 Å². The van der Waals surface area contributed by atoms with Gasteiger partial charge in [-0.25, -0.2) is 0 Å². The molecule has 4 nitrogen and oxygen atoms in total. The number of methoxy groups -OCH3 is 2. The van der Waals surface area contributed by atoms with E-state index in [1.165, 1.54) is 5.56 Å². The average Bonchev–Trinajstić information content (AvgIpc) is 2.76. The molecule has 3 aromatic rings. The molecule has 0 bridgehead atoms. The van der Waals surface area contributed by atoms with Crippen LogP contribution in [0.1, 0.15) is 16.7 Å². The Morgan fingerprint density at radius 3 is 2.47 bits per heavy atom. The van der Waals surface area contributed by atoms with Crippen LogP contribution in [-0.4, -0.2) is 20.8 Å². The van der Waals surface area contributed by atoms with Crippen LogP contribution in [0.15, 0.2) is 65.1 Å². The first-order chi connectivity index (χ1) is 14.6. The van der Waals surface area contributed by atoms with Gasteiger partial charge in [-0.15, -0.1) is 0 Å². The van der Waals surface area contributed by atoms with Crippen molar-refractivity contribution >= 4 is 27.5 Å². The van der Waals surface area contributed by atoms with Gasteiger partial charge in [0.05, 0.1) is 18.7 Å². The lowest BCUT2D eigenvalue weighted by Crippen LogP contribution is -2.17. The molecule has 6 heteroatoms. The number of ether oxygens (including phenoxy) is 3. The molecule has 0 aliphatic heterocycles. The molecule has 0 atom stereocenters. The van der Waals surface area contributed by atoms with Crippen molar-refractivity contribution in [2.24, 2.45) is 0 Å². The first-order valence-electron chi connectivity index (χ1n) is 9.67. The van der Waals surface area contributed by atoms with Gasteiger partial charge in [0.25, 0.3) is 0 Å². The van der Waals surface area contributed by atoms with Crippen molar-refractivity contribution in [1.82, 2.24) is 5.32 Å². The highest BCUT2D eigenvalue weighted by molar-refractivity contribution is 9.10. The third-order valence-electron chi connectivity index (χ3n) is 4.65. The van der Waals surface area contributed by atoms with Gasteiger partial charge in [-0.2, -0.15) is 0 Å². The zero-order chi connectivity index (χ0) is 21.3. The standard InChI is InChI=1S/C24H25BrClNO3/c1-28-22-9-4-3-7-19(22)10-11-27-15-18-13-21(25)24(23(14-18)29-2)30-16-17-6-5-8-20(26)12-17/h3-9,12-14,27H,10-11,15-16H2,1-2H3. The molecular weight excluding hydrogens is 466 g/mol. The lowest BCUT2D eigenvalue weighted by atomic mass is 10.1. The van der Waals surface area contributed by atoms with E-state index >= 15 is 0 Å². The lowest BCUT2D eigenvalue weighted by molar-refractivity contribution is 0.282. The second kappa shape index (κ2) is 11.3. The minimum absolute atomic E-state index is 0.409. The van der Waals surface area contributed by atoms with Crippen molar-refractivity contribution in [2.45, 2.75) is 19.6 Å². The topological polar surface area (TPSA) is 39.7 Å². The van der Waals surface area contributed by atoms with Crippen LogP contribution < -0.4 is 19.5 Å². The fraction of sp³-hybridized carbons (Fsp3) is 0.250. The summed E-state index contributed by atoms with van der Waals surface area (Å²) < 4.78 is 17.8. The maximum Gasteiger partial charge on any atom is 0.175 e. The Kier molecular flexibility index (Phi) is 8.43. The number of rotatable bonds is 10. The number of halogens is 2. The molecule has 0 heterocycles. The summed E-state index contributed by atoms with van der Waals surface area (Å²) in [5, 5.41) is 4.17. The van der Waals surface area contributed by atoms with E-state index in [0.717, 1.165) is 40.9 Å². The normalized spacial score (nSPS) is 10.7. The number of benzene rings is 3. The number of nitrogens with one attached hydrogen (secondary N) is 1. The molecule has 3 rings (SSSR count). The minimum Gasteiger partial charge on any atom is -0.496 e. The van der Waals surface area contributed by atoms with Crippen LogP contribution in [0, 0.1) is 0 Å². The van der Waals surface area contributed by atoms with Gasteiger partial charge in [0, 0.05) is 11.6 Å². The third-order valence-corrected chi connectivity index (χ3v) is 5.48. The number of para-hydroxylation sites is 1. The highest BCUT2D eigenvalue weighted by Gasteiger charge is 2.12. The summed E-state index contributed by atoms with van der Waals surface area (Å²) in [4.78, 5) is 0. The zero-order valence-electron chi connectivity index (χ0n) is 17.1. The number of hydrogen-bond acceptors (Lipinski definition) is 4. The maximum absolute atomic E-state index is 6.05. The smallest absolute Gasteiger partial charge is 0.175 e. The van der Waals surface area contributed by atoms with Gasteiger partial charge in [0.15, 0.2) is 11.5 Å². The molecule has 158 valence electrons. The Labute approximate surface area is 191 Å². The molecule has 0 saturated heterocycles. The third kappa shape index (κ3) is 6.14. The Morgan fingerprint density at radius 1 is 0.900 bits per heavy atom. The second-order valence-corrected chi connectivity index (χ2v) is 8.06. The van der Waals surface area contributed by atoms with Crippen LogP contribution in [0.3, 0.4) is 0 Å². The fourth-order valence-electron chi connectivity index (χ4n) is 3.16. The second-order valence-electron chi connectivity index (χ2n) is 6.77. The predicted octanol–water partition coefficient (Wildman–Crippen LogP) is 6.03. The molecular formula is C24H25BrClNO3. The van der Waals surface area contributed by atoms with Gasteiger partial charge < -0.3 is 19.5 Å². The minimum atomic E-state index is 0.409. The van der Waals surface area contributed by atoms with Crippen molar-refractivity contribution in [1.29, 1.82) is 0 Å². The molecule has 0 saturated carbocycles. The molecule has 3 aromatic carbocycles. The highest BCUT2D eigenvalue weighted by atomic mass is 79.9. The Morgan fingerprint density at radius 2 is 1.70 bits per heavy atom. The average molecular weight is 491 g/mol. The Hall–Kier alpha value is -2.21. The van der Waals surface area contributed by atoms with Gasteiger partial charge in [-0.3, -0.25) is 0 Å². The van der Waals surface area contributed by atoms with E-state index in [9.17, 15) is 0 Å². The monoisotopic (exact) mass is 489 g/mol. The molecule has 0 aliphatic carbocycles.